The van der Waals surface area contributed by atoms with E-state index in [0.717, 1.165) is 54.8 Å². The van der Waals surface area contributed by atoms with E-state index in [2.05, 4.69) is 16.8 Å². The van der Waals surface area contributed by atoms with E-state index in [1.54, 1.807) is 19.2 Å². The number of aromatic nitrogens is 1. The Morgan fingerprint density at radius 1 is 1.06 bits per heavy atom. The van der Waals surface area contributed by atoms with Crippen LogP contribution in [-0.4, -0.2) is 54.5 Å². The van der Waals surface area contributed by atoms with Crippen LogP contribution in [0.5, 0.6) is 0 Å². The van der Waals surface area contributed by atoms with Gasteiger partial charge in [0.1, 0.15) is 17.2 Å². The molecule has 174 valence electrons. The van der Waals surface area contributed by atoms with Gasteiger partial charge in [-0.2, -0.15) is 0 Å². The Hall–Kier alpha value is -3.35. The third-order valence-corrected chi connectivity index (χ3v) is 6.01. The van der Waals surface area contributed by atoms with Crippen LogP contribution in [0.3, 0.4) is 0 Å². The Morgan fingerprint density at radius 3 is 2.67 bits per heavy atom. The molecule has 1 aromatic carbocycles. The van der Waals surface area contributed by atoms with Crippen molar-refractivity contribution in [2.75, 3.05) is 37.7 Å². The number of esters is 1. The fraction of sp³-hybridized carbons (Fsp3) is 0.423. The summed E-state index contributed by atoms with van der Waals surface area (Å²) in [5, 5.41) is 0.894. The number of pyridine rings is 1. The van der Waals surface area contributed by atoms with Gasteiger partial charge in [-0.1, -0.05) is 31.5 Å². The minimum absolute atomic E-state index is 0.0403. The van der Waals surface area contributed by atoms with Crippen molar-refractivity contribution in [2.45, 2.75) is 39.5 Å². The Morgan fingerprint density at radius 2 is 1.91 bits per heavy atom. The topological polar surface area (TPSA) is 75.9 Å². The third-order valence-electron chi connectivity index (χ3n) is 6.01. The number of nitrogens with zero attached hydrogens (tertiary/aromatic N) is 3. The molecule has 7 heteroatoms. The first-order valence-corrected chi connectivity index (χ1v) is 11.8. The zero-order valence-electron chi connectivity index (χ0n) is 19.4. The summed E-state index contributed by atoms with van der Waals surface area (Å²) in [6.07, 6.45) is 5.20. The Kier molecular flexibility index (Phi) is 7.27. The van der Waals surface area contributed by atoms with Crippen LogP contribution in [0.1, 0.15) is 59.6 Å². The van der Waals surface area contributed by atoms with Gasteiger partial charge in [0.15, 0.2) is 0 Å². The molecule has 0 aliphatic carbocycles. The molecule has 3 aromatic rings. The maximum atomic E-state index is 13.6. The standard InChI is InChI=1S/C26H31N3O4/c1-3-5-10-22-24(20-9-6-7-11-21(20)33-22)25(30)29-15-8-14-28(16-17-29)23-13-12-19(18-27-23)26(31)32-4-2/h6-7,9,11-13,18H,3-5,8,10,14-17H2,1-2H3. The molecule has 1 saturated heterocycles. The lowest BCUT2D eigenvalue weighted by atomic mass is 10.1. The van der Waals surface area contributed by atoms with Gasteiger partial charge in [0, 0.05) is 44.2 Å². The summed E-state index contributed by atoms with van der Waals surface area (Å²) in [6.45, 7) is 7.02. The number of unbranched alkanes of at least 4 members (excludes halogenated alkanes) is 1. The molecule has 3 heterocycles. The largest absolute Gasteiger partial charge is 0.462 e. The number of hydrogen-bond donors (Lipinski definition) is 0. The molecule has 0 unspecified atom stereocenters. The quantitative estimate of drug-likeness (QED) is 0.487. The molecule has 0 N–H and O–H groups in total. The number of carbonyl (C=O) groups excluding carboxylic acids is 2. The van der Waals surface area contributed by atoms with Crippen molar-refractivity contribution in [3.05, 3.63) is 59.5 Å². The van der Waals surface area contributed by atoms with E-state index < -0.39 is 0 Å². The number of rotatable bonds is 7. The van der Waals surface area contributed by atoms with Crippen LogP contribution in [0.15, 0.2) is 47.0 Å². The van der Waals surface area contributed by atoms with E-state index in [0.29, 0.717) is 37.4 Å². The van der Waals surface area contributed by atoms with Gasteiger partial charge in [-0.3, -0.25) is 4.79 Å². The molecule has 1 aliphatic rings. The lowest BCUT2D eigenvalue weighted by molar-refractivity contribution is 0.0525. The van der Waals surface area contributed by atoms with Crippen molar-refractivity contribution in [3.8, 4) is 0 Å². The van der Waals surface area contributed by atoms with Crippen LogP contribution in [0.25, 0.3) is 11.0 Å². The summed E-state index contributed by atoms with van der Waals surface area (Å²) in [6, 6.07) is 11.4. The fourth-order valence-corrected chi connectivity index (χ4v) is 4.26. The number of benzene rings is 1. The van der Waals surface area contributed by atoms with E-state index in [9.17, 15) is 9.59 Å². The van der Waals surface area contributed by atoms with Crippen LogP contribution >= 0.6 is 0 Å². The van der Waals surface area contributed by atoms with Gasteiger partial charge in [0.2, 0.25) is 0 Å². The van der Waals surface area contributed by atoms with Gasteiger partial charge < -0.3 is 19.0 Å². The fourth-order valence-electron chi connectivity index (χ4n) is 4.26. The predicted octanol–water partition coefficient (Wildman–Crippen LogP) is 4.70. The van der Waals surface area contributed by atoms with E-state index in [1.807, 2.05) is 35.2 Å². The van der Waals surface area contributed by atoms with E-state index in [1.165, 1.54) is 0 Å². The highest BCUT2D eigenvalue weighted by Gasteiger charge is 2.27. The van der Waals surface area contributed by atoms with Crippen molar-refractivity contribution in [1.82, 2.24) is 9.88 Å². The van der Waals surface area contributed by atoms with Crippen LogP contribution in [0.2, 0.25) is 0 Å². The smallest absolute Gasteiger partial charge is 0.339 e. The first kappa shape index (κ1) is 22.8. The van der Waals surface area contributed by atoms with E-state index in [4.69, 9.17) is 9.15 Å². The van der Waals surface area contributed by atoms with Gasteiger partial charge in [-0.05, 0) is 38.0 Å². The number of anilines is 1. The normalized spacial score (nSPS) is 14.4. The van der Waals surface area contributed by atoms with Crippen molar-refractivity contribution in [3.63, 3.8) is 0 Å². The summed E-state index contributed by atoms with van der Waals surface area (Å²) in [4.78, 5) is 34.0. The third kappa shape index (κ3) is 5.02. The number of para-hydroxylation sites is 1. The Labute approximate surface area is 194 Å². The summed E-state index contributed by atoms with van der Waals surface area (Å²) < 4.78 is 11.1. The summed E-state index contributed by atoms with van der Waals surface area (Å²) in [5.41, 5.74) is 1.93. The number of fused-ring (bicyclic) bond motifs is 1. The Balaban J connectivity index is 1.49. The number of carbonyl (C=O) groups is 2. The van der Waals surface area contributed by atoms with Crippen molar-refractivity contribution in [2.24, 2.45) is 0 Å². The van der Waals surface area contributed by atoms with Crippen molar-refractivity contribution in [1.29, 1.82) is 0 Å². The first-order chi connectivity index (χ1) is 16.1. The predicted molar refractivity (Wildman–Crippen MR) is 128 cm³/mol. The molecule has 7 nitrogen and oxygen atoms in total. The maximum Gasteiger partial charge on any atom is 0.339 e. The van der Waals surface area contributed by atoms with Crippen molar-refractivity contribution < 1.29 is 18.7 Å². The second-order valence-corrected chi connectivity index (χ2v) is 8.26. The molecule has 0 bridgehead atoms. The maximum absolute atomic E-state index is 13.6. The average Bonchev–Trinajstić information content (AvgIpc) is 3.02. The number of aryl methyl sites for hydroxylation is 1. The highest BCUT2D eigenvalue weighted by molar-refractivity contribution is 6.07. The summed E-state index contributed by atoms with van der Waals surface area (Å²) in [5.74, 6) is 1.27. The SMILES string of the molecule is CCCCc1oc2ccccc2c1C(=O)N1CCCN(c2ccc(C(=O)OCC)cn2)CC1. The Bertz CT molecular complexity index is 1110. The first-order valence-electron chi connectivity index (χ1n) is 11.8. The van der Waals surface area contributed by atoms with Crippen molar-refractivity contribution >= 4 is 28.7 Å². The summed E-state index contributed by atoms with van der Waals surface area (Å²) >= 11 is 0. The van der Waals surface area contributed by atoms with Crippen LogP contribution in [0.4, 0.5) is 5.82 Å². The minimum atomic E-state index is -0.365. The van der Waals surface area contributed by atoms with E-state index >= 15 is 0 Å². The molecule has 0 radical (unpaired) electrons. The zero-order valence-corrected chi connectivity index (χ0v) is 19.4. The molecular formula is C26H31N3O4. The number of ether oxygens (including phenoxy) is 1. The molecule has 0 atom stereocenters. The molecular weight excluding hydrogens is 418 g/mol. The lowest BCUT2D eigenvalue weighted by Crippen LogP contribution is -2.35. The highest BCUT2D eigenvalue weighted by Crippen LogP contribution is 2.29. The molecule has 4 rings (SSSR count). The molecule has 0 saturated carbocycles. The zero-order chi connectivity index (χ0) is 23.2. The molecule has 1 aliphatic heterocycles. The minimum Gasteiger partial charge on any atom is -0.462 e. The van der Waals surface area contributed by atoms with Crippen LogP contribution < -0.4 is 4.90 Å². The molecule has 1 amide bonds. The van der Waals surface area contributed by atoms with E-state index in [-0.39, 0.29) is 11.9 Å². The molecule has 2 aromatic heterocycles. The summed E-state index contributed by atoms with van der Waals surface area (Å²) in [7, 11) is 0. The van der Waals surface area contributed by atoms with Crippen LogP contribution in [-0.2, 0) is 11.2 Å². The molecule has 1 fully saturated rings. The molecule has 0 spiro atoms. The lowest BCUT2D eigenvalue weighted by Gasteiger charge is -2.23. The molecule has 33 heavy (non-hydrogen) atoms. The van der Waals surface area contributed by atoms with Gasteiger partial charge in [0.25, 0.3) is 5.91 Å². The van der Waals surface area contributed by atoms with Gasteiger partial charge in [-0.15, -0.1) is 0 Å². The number of furan rings is 1. The highest BCUT2D eigenvalue weighted by atomic mass is 16.5. The monoisotopic (exact) mass is 449 g/mol. The van der Waals surface area contributed by atoms with Gasteiger partial charge in [0.05, 0.1) is 17.7 Å². The second kappa shape index (κ2) is 10.5. The number of hydrogen-bond acceptors (Lipinski definition) is 6. The van der Waals surface area contributed by atoms with Gasteiger partial charge >= 0.3 is 5.97 Å². The van der Waals surface area contributed by atoms with Crippen LogP contribution in [0, 0.1) is 0 Å². The average molecular weight is 450 g/mol. The van der Waals surface area contributed by atoms with Gasteiger partial charge in [-0.25, -0.2) is 9.78 Å². The number of amides is 1. The second-order valence-electron chi connectivity index (χ2n) is 8.26.